The van der Waals surface area contributed by atoms with Gasteiger partial charge >= 0.3 is 6.03 Å². The van der Waals surface area contributed by atoms with Gasteiger partial charge < -0.3 is 20.1 Å². The average Bonchev–Trinajstić information content (AvgIpc) is 2.60. The lowest BCUT2D eigenvalue weighted by molar-refractivity contribution is 0.0375. The molecule has 126 valence electrons. The van der Waals surface area contributed by atoms with E-state index in [1.54, 1.807) is 13.3 Å². The molecule has 0 spiro atoms. The lowest BCUT2D eigenvalue weighted by atomic mass is 10.2. The monoisotopic (exact) mass is 319 g/mol. The molecule has 1 heterocycles. The van der Waals surface area contributed by atoms with E-state index in [2.05, 4.69) is 15.5 Å². The van der Waals surface area contributed by atoms with Crippen molar-refractivity contribution in [2.75, 3.05) is 46.5 Å². The van der Waals surface area contributed by atoms with Crippen molar-refractivity contribution in [1.82, 2.24) is 15.5 Å². The second kappa shape index (κ2) is 9.86. The minimum Gasteiger partial charge on any atom is -0.496 e. The summed E-state index contributed by atoms with van der Waals surface area (Å²) in [4.78, 5) is 14.1. The summed E-state index contributed by atoms with van der Waals surface area (Å²) in [6.07, 6.45) is 4.37. The van der Waals surface area contributed by atoms with Gasteiger partial charge in [0, 0.05) is 31.4 Å². The standard InChI is InChI=1S/C17H25N3O3/c1-22-16-6-3-2-5-15(16)7-9-19-17(21)18-8-4-10-20-11-13-23-14-12-20/h2-3,5-7,9H,4,8,10-14H2,1H3,(H2,18,19,21)/b9-7+. The van der Waals surface area contributed by atoms with E-state index in [1.807, 2.05) is 30.3 Å². The van der Waals surface area contributed by atoms with Gasteiger partial charge in [0.15, 0.2) is 0 Å². The number of hydrogen-bond donors (Lipinski definition) is 2. The number of benzene rings is 1. The second-order valence-corrected chi connectivity index (χ2v) is 5.28. The summed E-state index contributed by atoms with van der Waals surface area (Å²) < 4.78 is 10.6. The number of carbonyl (C=O) groups is 1. The molecule has 0 aromatic heterocycles. The SMILES string of the molecule is COc1ccccc1/C=C/NC(=O)NCCCN1CCOCC1. The highest BCUT2D eigenvalue weighted by Crippen LogP contribution is 2.18. The Morgan fingerprint density at radius 3 is 2.91 bits per heavy atom. The maximum atomic E-state index is 11.7. The summed E-state index contributed by atoms with van der Waals surface area (Å²) >= 11 is 0. The predicted octanol–water partition coefficient (Wildman–Crippen LogP) is 1.69. The van der Waals surface area contributed by atoms with Crippen molar-refractivity contribution >= 4 is 12.1 Å². The summed E-state index contributed by atoms with van der Waals surface area (Å²) in [5.41, 5.74) is 0.919. The maximum Gasteiger partial charge on any atom is 0.318 e. The van der Waals surface area contributed by atoms with E-state index in [0.29, 0.717) is 6.54 Å². The number of urea groups is 1. The molecule has 2 amide bonds. The van der Waals surface area contributed by atoms with E-state index in [9.17, 15) is 4.79 Å². The van der Waals surface area contributed by atoms with Crippen molar-refractivity contribution in [1.29, 1.82) is 0 Å². The molecule has 0 unspecified atom stereocenters. The molecule has 1 aromatic carbocycles. The van der Waals surface area contributed by atoms with Crippen molar-refractivity contribution in [3.8, 4) is 5.75 Å². The average molecular weight is 319 g/mol. The lowest BCUT2D eigenvalue weighted by Crippen LogP contribution is -2.39. The summed E-state index contributed by atoms with van der Waals surface area (Å²) in [5.74, 6) is 0.775. The Balaban J connectivity index is 1.62. The normalized spacial score (nSPS) is 15.5. The fourth-order valence-corrected chi connectivity index (χ4v) is 2.39. The van der Waals surface area contributed by atoms with Crippen LogP contribution >= 0.6 is 0 Å². The van der Waals surface area contributed by atoms with Gasteiger partial charge in [-0.05, 0) is 25.1 Å². The molecule has 6 heteroatoms. The van der Waals surface area contributed by atoms with Crippen LogP contribution in [0.2, 0.25) is 0 Å². The number of ether oxygens (including phenoxy) is 2. The first-order chi connectivity index (χ1) is 11.3. The quantitative estimate of drug-likeness (QED) is 0.751. The highest BCUT2D eigenvalue weighted by molar-refractivity contribution is 5.76. The van der Waals surface area contributed by atoms with E-state index in [0.717, 1.165) is 50.6 Å². The third-order valence-electron chi connectivity index (χ3n) is 3.66. The number of carbonyl (C=O) groups excluding carboxylic acids is 1. The van der Waals surface area contributed by atoms with Crippen LogP contribution in [0.4, 0.5) is 4.79 Å². The summed E-state index contributed by atoms with van der Waals surface area (Å²) in [6, 6.07) is 7.44. The molecule has 0 aliphatic carbocycles. The first kappa shape index (κ1) is 17.3. The van der Waals surface area contributed by atoms with Crippen LogP contribution in [-0.2, 0) is 4.74 Å². The molecule has 0 atom stereocenters. The molecular weight excluding hydrogens is 294 g/mol. The minimum atomic E-state index is -0.196. The largest absolute Gasteiger partial charge is 0.496 e. The third-order valence-corrected chi connectivity index (χ3v) is 3.66. The molecule has 0 bridgehead atoms. The van der Waals surface area contributed by atoms with Gasteiger partial charge in [0.25, 0.3) is 0 Å². The van der Waals surface area contributed by atoms with Crippen LogP contribution in [0.25, 0.3) is 6.08 Å². The van der Waals surface area contributed by atoms with Gasteiger partial charge in [0.05, 0.1) is 20.3 Å². The number of morpholine rings is 1. The molecule has 23 heavy (non-hydrogen) atoms. The van der Waals surface area contributed by atoms with Crippen molar-refractivity contribution in [2.24, 2.45) is 0 Å². The van der Waals surface area contributed by atoms with Crippen molar-refractivity contribution in [3.05, 3.63) is 36.0 Å². The van der Waals surface area contributed by atoms with E-state index in [-0.39, 0.29) is 6.03 Å². The zero-order valence-corrected chi connectivity index (χ0v) is 13.6. The molecule has 0 saturated carbocycles. The van der Waals surface area contributed by atoms with Crippen LogP contribution in [0.3, 0.4) is 0 Å². The number of nitrogens with one attached hydrogen (secondary N) is 2. The number of rotatable bonds is 7. The van der Waals surface area contributed by atoms with Crippen LogP contribution in [0.15, 0.2) is 30.5 Å². The molecule has 1 aliphatic rings. The summed E-state index contributed by atoms with van der Waals surface area (Å²) in [7, 11) is 1.63. The zero-order valence-electron chi connectivity index (χ0n) is 13.6. The third kappa shape index (κ3) is 6.30. The van der Waals surface area contributed by atoms with E-state index >= 15 is 0 Å². The minimum absolute atomic E-state index is 0.196. The Morgan fingerprint density at radius 2 is 2.13 bits per heavy atom. The highest BCUT2D eigenvalue weighted by atomic mass is 16.5. The van der Waals surface area contributed by atoms with Gasteiger partial charge in [0.1, 0.15) is 5.75 Å². The Hall–Kier alpha value is -2.05. The van der Waals surface area contributed by atoms with E-state index in [1.165, 1.54) is 0 Å². The van der Waals surface area contributed by atoms with Crippen LogP contribution in [-0.4, -0.2) is 57.4 Å². The van der Waals surface area contributed by atoms with Crippen LogP contribution in [0, 0.1) is 0 Å². The number of methoxy groups -OCH3 is 1. The number of para-hydroxylation sites is 1. The molecule has 2 N–H and O–H groups in total. The van der Waals surface area contributed by atoms with Crippen LogP contribution in [0.5, 0.6) is 5.75 Å². The lowest BCUT2D eigenvalue weighted by Gasteiger charge is -2.26. The van der Waals surface area contributed by atoms with Gasteiger partial charge in [-0.1, -0.05) is 18.2 Å². The van der Waals surface area contributed by atoms with Crippen LogP contribution < -0.4 is 15.4 Å². The first-order valence-corrected chi connectivity index (χ1v) is 7.93. The predicted molar refractivity (Wildman–Crippen MR) is 90.4 cm³/mol. The Kier molecular flexibility index (Phi) is 7.42. The number of hydrogen-bond acceptors (Lipinski definition) is 4. The summed E-state index contributed by atoms with van der Waals surface area (Å²) in [5, 5.41) is 5.55. The van der Waals surface area contributed by atoms with Crippen LogP contribution in [0.1, 0.15) is 12.0 Å². The number of nitrogens with zero attached hydrogens (tertiary/aromatic N) is 1. The molecule has 1 fully saturated rings. The Labute approximate surface area is 137 Å². The smallest absolute Gasteiger partial charge is 0.318 e. The molecular formula is C17H25N3O3. The van der Waals surface area contributed by atoms with Gasteiger partial charge in [-0.2, -0.15) is 0 Å². The van der Waals surface area contributed by atoms with Gasteiger partial charge in [0.2, 0.25) is 0 Å². The topological polar surface area (TPSA) is 62.8 Å². The van der Waals surface area contributed by atoms with Gasteiger partial charge in [-0.15, -0.1) is 0 Å². The summed E-state index contributed by atoms with van der Waals surface area (Å²) in [6.45, 7) is 5.22. The fraction of sp³-hybridized carbons (Fsp3) is 0.471. The Bertz CT molecular complexity index is 514. The van der Waals surface area contributed by atoms with E-state index < -0.39 is 0 Å². The molecule has 6 nitrogen and oxygen atoms in total. The van der Waals surface area contributed by atoms with Crippen molar-refractivity contribution in [2.45, 2.75) is 6.42 Å². The van der Waals surface area contributed by atoms with Crippen molar-refractivity contribution in [3.63, 3.8) is 0 Å². The molecule has 0 radical (unpaired) electrons. The maximum absolute atomic E-state index is 11.7. The highest BCUT2D eigenvalue weighted by Gasteiger charge is 2.09. The number of amides is 2. The molecule has 1 aliphatic heterocycles. The van der Waals surface area contributed by atoms with Crippen molar-refractivity contribution < 1.29 is 14.3 Å². The zero-order chi connectivity index (χ0) is 16.3. The molecule has 1 aromatic rings. The van der Waals surface area contributed by atoms with Gasteiger partial charge in [-0.3, -0.25) is 4.90 Å². The second-order valence-electron chi connectivity index (χ2n) is 5.28. The van der Waals surface area contributed by atoms with E-state index in [4.69, 9.17) is 9.47 Å². The molecule has 2 rings (SSSR count). The van der Waals surface area contributed by atoms with Gasteiger partial charge in [-0.25, -0.2) is 4.79 Å². The fourth-order valence-electron chi connectivity index (χ4n) is 2.39. The molecule has 1 saturated heterocycles. The Morgan fingerprint density at radius 1 is 1.35 bits per heavy atom. The first-order valence-electron chi connectivity index (χ1n) is 7.93.